The quantitative estimate of drug-likeness (QED) is 0.389. The molecule has 1 aromatic carbocycles. The number of aryl methyl sites for hydroxylation is 1. The minimum Gasteiger partial charge on any atom is -0.423 e. The van der Waals surface area contributed by atoms with Gasteiger partial charge in [-0.25, -0.2) is 4.98 Å². The lowest BCUT2D eigenvalue weighted by Gasteiger charge is -2.07. The summed E-state index contributed by atoms with van der Waals surface area (Å²) in [6.45, 7) is 1.92. The Balaban J connectivity index is 2.28. The molecule has 0 aliphatic carbocycles. The lowest BCUT2D eigenvalue weighted by molar-refractivity contribution is 0.318. The number of nitrogens with zero attached hydrogens (tertiary/aromatic N) is 3. The highest BCUT2D eigenvalue weighted by atomic mass is 35.5. The van der Waals surface area contributed by atoms with Crippen molar-refractivity contribution in [2.75, 3.05) is 0 Å². The van der Waals surface area contributed by atoms with Crippen LogP contribution >= 0.6 is 11.6 Å². The molecule has 1 aromatic heterocycles. The van der Waals surface area contributed by atoms with Crippen molar-refractivity contribution in [3.05, 3.63) is 46.7 Å². The molecule has 98 valence electrons. The maximum absolute atomic E-state index is 8.58. The van der Waals surface area contributed by atoms with E-state index in [1.165, 1.54) is 12.3 Å². The zero-order valence-electron chi connectivity index (χ0n) is 10.0. The Morgan fingerprint density at radius 1 is 1.42 bits per heavy atom. The van der Waals surface area contributed by atoms with Crippen LogP contribution in [0.4, 0.5) is 0 Å². The molecular weight excluding hydrogens is 268 g/mol. The molecule has 0 spiro atoms. The minimum atomic E-state index is -0.123. The molecule has 0 fully saturated rings. The molecular formula is C12H11ClN4O2. The van der Waals surface area contributed by atoms with Crippen LogP contribution < -0.4 is 10.5 Å². The highest BCUT2D eigenvalue weighted by Crippen LogP contribution is 2.28. The number of halogens is 1. The molecule has 0 aliphatic rings. The van der Waals surface area contributed by atoms with E-state index in [-0.39, 0.29) is 17.5 Å². The Morgan fingerprint density at radius 2 is 2.21 bits per heavy atom. The predicted molar refractivity (Wildman–Crippen MR) is 70.8 cm³/mol. The van der Waals surface area contributed by atoms with E-state index in [1.807, 2.05) is 13.0 Å². The molecule has 0 saturated carbocycles. The smallest absolute Gasteiger partial charge is 0.322 e. The number of benzene rings is 1. The minimum absolute atomic E-state index is 0.0647. The number of ether oxygens (including phenoxy) is 1. The highest BCUT2D eigenvalue weighted by Gasteiger charge is 2.08. The van der Waals surface area contributed by atoms with Gasteiger partial charge in [-0.3, -0.25) is 0 Å². The number of hydrogen-bond acceptors (Lipinski definition) is 5. The zero-order valence-corrected chi connectivity index (χ0v) is 10.8. The average Bonchev–Trinajstić information content (AvgIpc) is 2.41. The van der Waals surface area contributed by atoms with Crippen molar-refractivity contribution in [2.45, 2.75) is 6.92 Å². The SMILES string of the molecule is Cc1ccc(Oc2nccc(/C(N)=N/O)n2)c(Cl)c1. The van der Waals surface area contributed by atoms with Crippen LogP contribution in [0, 0.1) is 6.92 Å². The Labute approximate surface area is 114 Å². The fourth-order valence-corrected chi connectivity index (χ4v) is 1.64. The number of hydrogen-bond donors (Lipinski definition) is 2. The Bertz CT molecular complexity index is 631. The summed E-state index contributed by atoms with van der Waals surface area (Å²) in [4.78, 5) is 7.93. The molecule has 0 aliphatic heterocycles. The largest absolute Gasteiger partial charge is 0.423 e. The summed E-state index contributed by atoms with van der Waals surface area (Å²) in [5.74, 6) is 0.311. The van der Waals surface area contributed by atoms with Gasteiger partial charge in [0.1, 0.15) is 11.4 Å². The van der Waals surface area contributed by atoms with Crippen molar-refractivity contribution < 1.29 is 9.94 Å². The molecule has 0 amide bonds. The molecule has 0 saturated heterocycles. The van der Waals surface area contributed by atoms with Crippen LogP contribution in [-0.2, 0) is 0 Å². The third kappa shape index (κ3) is 3.11. The van der Waals surface area contributed by atoms with Crippen LogP contribution in [-0.4, -0.2) is 21.0 Å². The second-order valence-corrected chi connectivity index (χ2v) is 4.15. The van der Waals surface area contributed by atoms with Crippen LogP contribution in [0.1, 0.15) is 11.3 Å². The Morgan fingerprint density at radius 3 is 2.89 bits per heavy atom. The maximum atomic E-state index is 8.58. The van der Waals surface area contributed by atoms with Crippen LogP contribution in [0.15, 0.2) is 35.6 Å². The Kier molecular flexibility index (Phi) is 3.82. The van der Waals surface area contributed by atoms with Crippen molar-refractivity contribution in [2.24, 2.45) is 10.9 Å². The molecule has 3 N–H and O–H groups in total. The van der Waals surface area contributed by atoms with Gasteiger partial charge in [-0.2, -0.15) is 4.98 Å². The molecule has 2 rings (SSSR count). The van der Waals surface area contributed by atoms with E-state index in [4.69, 9.17) is 27.3 Å². The summed E-state index contributed by atoms with van der Waals surface area (Å²) < 4.78 is 5.45. The highest BCUT2D eigenvalue weighted by molar-refractivity contribution is 6.32. The van der Waals surface area contributed by atoms with Crippen molar-refractivity contribution in [1.82, 2.24) is 9.97 Å². The van der Waals surface area contributed by atoms with Crippen molar-refractivity contribution in [3.8, 4) is 11.8 Å². The second kappa shape index (κ2) is 5.53. The lowest BCUT2D eigenvalue weighted by Crippen LogP contribution is -2.15. The van der Waals surface area contributed by atoms with Gasteiger partial charge >= 0.3 is 6.01 Å². The molecule has 0 radical (unpaired) electrons. The average molecular weight is 279 g/mol. The van der Waals surface area contributed by atoms with Gasteiger partial charge in [0, 0.05) is 6.20 Å². The van der Waals surface area contributed by atoms with E-state index in [1.54, 1.807) is 12.1 Å². The topological polar surface area (TPSA) is 93.6 Å². The molecule has 6 nitrogen and oxygen atoms in total. The van der Waals surface area contributed by atoms with Gasteiger partial charge in [-0.15, -0.1) is 0 Å². The number of aromatic nitrogens is 2. The van der Waals surface area contributed by atoms with Gasteiger partial charge in [0.2, 0.25) is 0 Å². The van der Waals surface area contributed by atoms with Crippen molar-refractivity contribution in [3.63, 3.8) is 0 Å². The van der Waals surface area contributed by atoms with E-state index in [0.717, 1.165) is 5.56 Å². The van der Waals surface area contributed by atoms with Crippen LogP contribution in [0.2, 0.25) is 5.02 Å². The number of amidine groups is 1. The van der Waals surface area contributed by atoms with E-state index in [2.05, 4.69) is 15.1 Å². The number of nitrogens with two attached hydrogens (primary N) is 1. The van der Waals surface area contributed by atoms with E-state index in [9.17, 15) is 0 Å². The summed E-state index contributed by atoms with van der Waals surface area (Å²) in [5, 5.41) is 11.9. The fraction of sp³-hybridized carbons (Fsp3) is 0.0833. The number of oxime groups is 1. The van der Waals surface area contributed by atoms with E-state index < -0.39 is 0 Å². The Hall–Kier alpha value is -2.34. The van der Waals surface area contributed by atoms with Crippen molar-refractivity contribution in [1.29, 1.82) is 0 Å². The summed E-state index contributed by atoms with van der Waals surface area (Å²) in [5.41, 5.74) is 6.71. The maximum Gasteiger partial charge on any atom is 0.322 e. The van der Waals surface area contributed by atoms with Gasteiger partial charge in [-0.05, 0) is 30.7 Å². The first-order valence-corrected chi connectivity index (χ1v) is 5.73. The predicted octanol–water partition coefficient (Wildman–Crippen LogP) is 2.33. The van der Waals surface area contributed by atoms with Crippen LogP contribution in [0.25, 0.3) is 0 Å². The number of rotatable bonds is 3. The monoisotopic (exact) mass is 278 g/mol. The van der Waals surface area contributed by atoms with E-state index >= 15 is 0 Å². The van der Waals surface area contributed by atoms with Gasteiger partial charge in [0.25, 0.3) is 0 Å². The lowest BCUT2D eigenvalue weighted by atomic mass is 10.2. The van der Waals surface area contributed by atoms with Crippen LogP contribution in [0.5, 0.6) is 11.8 Å². The standard InChI is InChI=1S/C12H11ClN4O2/c1-7-2-3-10(8(13)6-7)19-12-15-5-4-9(16-12)11(14)17-18/h2-6,18H,1H3,(H2,14,17). The van der Waals surface area contributed by atoms with Crippen molar-refractivity contribution >= 4 is 17.4 Å². The summed E-state index contributed by atoms with van der Waals surface area (Å²) in [6.07, 6.45) is 1.44. The van der Waals surface area contributed by atoms with Gasteiger partial charge < -0.3 is 15.7 Å². The molecule has 0 atom stereocenters. The first-order chi connectivity index (χ1) is 9.10. The molecule has 7 heteroatoms. The third-order valence-corrected chi connectivity index (χ3v) is 2.59. The van der Waals surface area contributed by atoms with Crippen LogP contribution in [0.3, 0.4) is 0 Å². The summed E-state index contributed by atoms with van der Waals surface area (Å²) in [6, 6.07) is 6.91. The normalized spacial score (nSPS) is 11.4. The summed E-state index contributed by atoms with van der Waals surface area (Å²) in [7, 11) is 0. The van der Waals surface area contributed by atoms with E-state index in [0.29, 0.717) is 10.8 Å². The summed E-state index contributed by atoms with van der Waals surface area (Å²) >= 11 is 6.04. The molecule has 1 heterocycles. The van der Waals surface area contributed by atoms with Gasteiger partial charge in [-0.1, -0.05) is 22.8 Å². The van der Waals surface area contributed by atoms with Gasteiger partial charge in [0.05, 0.1) is 5.02 Å². The second-order valence-electron chi connectivity index (χ2n) is 3.75. The zero-order chi connectivity index (χ0) is 13.8. The molecule has 0 unspecified atom stereocenters. The molecule has 2 aromatic rings. The molecule has 19 heavy (non-hydrogen) atoms. The first kappa shape index (κ1) is 13.1. The third-order valence-electron chi connectivity index (χ3n) is 2.29. The molecule has 0 bridgehead atoms. The first-order valence-electron chi connectivity index (χ1n) is 5.35. The fourth-order valence-electron chi connectivity index (χ4n) is 1.37. The van der Waals surface area contributed by atoms with Gasteiger partial charge in [0.15, 0.2) is 5.84 Å².